The molecular weight excluding hydrogens is 304 g/mol. The Morgan fingerprint density at radius 3 is 2.50 bits per heavy atom. The standard InChI is InChI=1S/C10H15BrN4O3/c1-6-10(11)7(14(2)13-6)3-15(4-8(12)16)5-9(17)18/h3-5H2,1-2H3,(H2,12,16)(H,17,18). The summed E-state index contributed by atoms with van der Waals surface area (Å²) in [5.41, 5.74) is 6.70. The van der Waals surface area contributed by atoms with Crippen LogP contribution in [0, 0.1) is 6.92 Å². The lowest BCUT2D eigenvalue weighted by Crippen LogP contribution is -2.37. The van der Waals surface area contributed by atoms with E-state index in [1.807, 2.05) is 6.92 Å². The third kappa shape index (κ3) is 3.81. The Morgan fingerprint density at radius 2 is 2.11 bits per heavy atom. The third-order valence-corrected chi connectivity index (χ3v) is 3.40. The Kier molecular flexibility index (Phi) is 4.85. The quantitative estimate of drug-likeness (QED) is 0.760. The lowest BCUT2D eigenvalue weighted by Gasteiger charge is -2.18. The van der Waals surface area contributed by atoms with Crippen molar-refractivity contribution in [1.29, 1.82) is 0 Å². The molecule has 0 aromatic carbocycles. The van der Waals surface area contributed by atoms with Gasteiger partial charge in [0.05, 0.1) is 29.0 Å². The van der Waals surface area contributed by atoms with Crippen molar-refractivity contribution < 1.29 is 14.7 Å². The van der Waals surface area contributed by atoms with Crippen LogP contribution in [0.3, 0.4) is 0 Å². The minimum absolute atomic E-state index is 0.108. The summed E-state index contributed by atoms with van der Waals surface area (Å²) < 4.78 is 2.46. The number of nitrogens with zero attached hydrogens (tertiary/aromatic N) is 3. The average molecular weight is 319 g/mol. The Labute approximate surface area is 113 Å². The van der Waals surface area contributed by atoms with Gasteiger partial charge in [-0.25, -0.2) is 0 Å². The molecule has 0 aliphatic heterocycles. The van der Waals surface area contributed by atoms with Crippen LogP contribution in [0.15, 0.2) is 4.47 Å². The second-order valence-electron chi connectivity index (χ2n) is 3.97. The molecule has 100 valence electrons. The maximum absolute atomic E-state index is 10.9. The monoisotopic (exact) mass is 318 g/mol. The summed E-state index contributed by atoms with van der Waals surface area (Å²) >= 11 is 3.39. The van der Waals surface area contributed by atoms with Gasteiger partial charge in [-0.05, 0) is 22.9 Å². The van der Waals surface area contributed by atoms with Gasteiger partial charge >= 0.3 is 5.97 Å². The molecule has 3 N–H and O–H groups in total. The number of aliphatic carboxylic acids is 1. The van der Waals surface area contributed by atoms with Crippen LogP contribution in [0.1, 0.15) is 11.4 Å². The summed E-state index contributed by atoms with van der Waals surface area (Å²) in [7, 11) is 1.76. The first kappa shape index (κ1) is 14.7. The SMILES string of the molecule is Cc1nn(C)c(CN(CC(N)=O)CC(=O)O)c1Br. The highest BCUT2D eigenvalue weighted by Crippen LogP contribution is 2.21. The number of halogens is 1. The van der Waals surface area contributed by atoms with Gasteiger partial charge in [-0.15, -0.1) is 0 Å². The van der Waals surface area contributed by atoms with Crippen molar-refractivity contribution in [3.8, 4) is 0 Å². The van der Waals surface area contributed by atoms with Crippen LogP contribution >= 0.6 is 15.9 Å². The number of carboxylic acids is 1. The minimum atomic E-state index is -1.01. The van der Waals surface area contributed by atoms with Gasteiger partial charge in [-0.2, -0.15) is 5.10 Å². The molecule has 1 aromatic heterocycles. The van der Waals surface area contributed by atoms with E-state index in [9.17, 15) is 9.59 Å². The highest BCUT2D eigenvalue weighted by Gasteiger charge is 2.18. The molecule has 0 spiro atoms. The molecule has 0 saturated heterocycles. The van der Waals surface area contributed by atoms with Crippen LogP contribution in [0.4, 0.5) is 0 Å². The number of carbonyl (C=O) groups excluding carboxylic acids is 1. The summed E-state index contributed by atoms with van der Waals surface area (Å²) in [6.45, 7) is 1.76. The number of aromatic nitrogens is 2. The smallest absolute Gasteiger partial charge is 0.317 e. The Hall–Kier alpha value is -1.41. The molecule has 1 heterocycles. The first-order chi connectivity index (χ1) is 8.31. The fraction of sp³-hybridized carbons (Fsp3) is 0.500. The van der Waals surface area contributed by atoms with Crippen molar-refractivity contribution in [2.75, 3.05) is 13.1 Å². The fourth-order valence-corrected chi connectivity index (χ4v) is 2.10. The second kappa shape index (κ2) is 5.96. The lowest BCUT2D eigenvalue weighted by atomic mass is 10.3. The predicted molar refractivity (Wildman–Crippen MR) is 67.8 cm³/mol. The number of carbonyl (C=O) groups is 2. The van der Waals surface area contributed by atoms with E-state index in [4.69, 9.17) is 10.8 Å². The zero-order valence-electron chi connectivity index (χ0n) is 10.2. The van der Waals surface area contributed by atoms with Crippen molar-refractivity contribution in [3.63, 3.8) is 0 Å². The number of primary amides is 1. The van der Waals surface area contributed by atoms with Gasteiger partial charge in [0.2, 0.25) is 5.91 Å². The molecule has 0 radical (unpaired) electrons. The predicted octanol–water partition coefficient (Wildman–Crippen LogP) is -0.137. The molecule has 0 saturated carbocycles. The Morgan fingerprint density at radius 1 is 1.50 bits per heavy atom. The largest absolute Gasteiger partial charge is 0.480 e. The highest BCUT2D eigenvalue weighted by molar-refractivity contribution is 9.10. The zero-order chi connectivity index (χ0) is 13.9. The van der Waals surface area contributed by atoms with Crippen molar-refractivity contribution in [3.05, 3.63) is 15.9 Å². The number of rotatable bonds is 6. The average Bonchev–Trinajstić information content (AvgIpc) is 2.43. The molecule has 0 unspecified atom stereocenters. The number of aryl methyl sites for hydroxylation is 2. The number of nitrogens with two attached hydrogens (primary N) is 1. The Bertz CT molecular complexity index is 456. The zero-order valence-corrected chi connectivity index (χ0v) is 11.8. The van der Waals surface area contributed by atoms with E-state index >= 15 is 0 Å². The summed E-state index contributed by atoms with van der Waals surface area (Å²) in [5.74, 6) is -1.57. The van der Waals surface area contributed by atoms with Crippen molar-refractivity contribution >= 4 is 27.8 Å². The number of hydrogen-bond acceptors (Lipinski definition) is 4. The molecule has 7 nitrogen and oxygen atoms in total. The van der Waals surface area contributed by atoms with Gasteiger partial charge in [0, 0.05) is 13.6 Å². The van der Waals surface area contributed by atoms with E-state index in [0.717, 1.165) is 15.9 Å². The van der Waals surface area contributed by atoms with Gasteiger partial charge in [0.15, 0.2) is 0 Å². The van der Waals surface area contributed by atoms with Crippen molar-refractivity contribution in [2.45, 2.75) is 13.5 Å². The number of hydrogen-bond donors (Lipinski definition) is 2. The molecule has 0 atom stereocenters. The van der Waals surface area contributed by atoms with Gasteiger partial charge in [-0.3, -0.25) is 19.2 Å². The van der Waals surface area contributed by atoms with Crippen LogP contribution in [0.25, 0.3) is 0 Å². The Balaban J connectivity index is 2.88. The number of amides is 1. The van der Waals surface area contributed by atoms with Gasteiger partial charge in [0.25, 0.3) is 0 Å². The minimum Gasteiger partial charge on any atom is -0.480 e. The molecule has 1 aromatic rings. The number of carboxylic acid groups (broad SMARTS) is 1. The third-order valence-electron chi connectivity index (χ3n) is 2.37. The van der Waals surface area contributed by atoms with E-state index in [1.54, 1.807) is 11.7 Å². The molecule has 18 heavy (non-hydrogen) atoms. The normalized spacial score (nSPS) is 10.9. The van der Waals surface area contributed by atoms with Crippen molar-refractivity contribution in [1.82, 2.24) is 14.7 Å². The van der Waals surface area contributed by atoms with Crippen LogP contribution in [0.5, 0.6) is 0 Å². The van der Waals surface area contributed by atoms with Crippen LogP contribution in [-0.4, -0.2) is 44.8 Å². The summed E-state index contributed by atoms with van der Waals surface area (Å²) in [5, 5.41) is 13.0. The van der Waals surface area contributed by atoms with Crippen LogP contribution in [0.2, 0.25) is 0 Å². The highest BCUT2D eigenvalue weighted by atomic mass is 79.9. The molecular formula is C10H15BrN4O3. The molecule has 0 aliphatic carbocycles. The fourth-order valence-electron chi connectivity index (χ4n) is 1.64. The first-order valence-corrected chi connectivity index (χ1v) is 6.01. The molecule has 1 rings (SSSR count). The summed E-state index contributed by atoms with van der Waals surface area (Å²) in [6, 6.07) is 0. The first-order valence-electron chi connectivity index (χ1n) is 5.21. The van der Waals surface area contributed by atoms with E-state index in [1.165, 1.54) is 4.90 Å². The van der Waals surface area contributed by atoms with Crippen LogP contribution in [-0.2, 0) is 23.2 Å². The lowest BCUT2D eigenvalue weighted by molar-refractivity contribution is -0.138. The molecule has 0 aliphatic rings. The maximum atomic E-state index is 10.9. The molecule has 0 fully saturated rings. The van der Waals surface area contributed by atoms with Crippen LogP contribution < -0.4 is 5.73 Å². The van der Waals surface area contributed by atoms with Crippen molar-refractivity contribution in [2.24, 2.45) is 12.8 Å². The van der Waals surface area contributed by atoms with Gasteiger partial charge < -0.3 is 10.8 Å². The van der Waals surface area contributed by atoms with E-state index in [-0.39, 0.29) is 19.6 Å². The topological polar surface area (TPSA) is 101 Å². The molecule has 0 bridgehead atoms. The van der Waals surface area contributed by atoms with E-state index in [2.05, 4.69) is 21.0 Å². The second-order valence-corrected chi connectivity index (χ2v) is 4.77. The molecule has 1 amide bonds. The summed E-state index contributed by atoms with van der Waals surface area (Å²) in [6.07, 6.45) is 0. The van der Waals surface area contributed by atoms with E-state index < -0.39 is 11.9 Å². The van der Waals surface area contributed by atoms with Gasteiger partial charge in [-0.1, -0.05) is 0 Å². The molecule has 8 heteroatoms. The maximum Gasteiger partial charge on any atom is 0.317 e. The summed E-state index contributed by atoms with van der Waals surface area (Å²) in [4.78, 5) is 23.1. The van der Waals surface area contributed by atoms with E-state index in [0.29, 0.717) is 0 Å². The van der Waals surface area contributed by atoms with Gasteiger partial charge in [0.1, 0.15) is 0 Å².